The third-order valence-corrected chi connectivity index (χ3v) is 3.30. The number of nitrogens with zero attached hydrogens (tertiary/aromatic N) is 2. The maximum atomic E-state index is 11.8. The number of carbonyl (C=O) groups excluding carboxylic acids is 1. The maximum absolute atomic E-state index is 11.8. The van der Waals surface area contributed by atoms with Crippen molar-refractivity contribution in [3.8, 4) is 0 Å². The molecule has 0 spiro atoms. The molecular formula is C16H21N3O2. The molecule has 1 aromatic heterocycles. The first-order chi connectivity index (χ1) is 10.1. The molecule has 2 N–H and O–H groups in total. The number of amides is 1. The van der Waals surface area contributed by atoms with E-state index in [0.29, 0.717) is 19.4 Å². The Bertz CT molecular complexity index is 540. The minimum atomic E-state index is -0.562. The van der Waals surface area contributed by atoms with Crippen LogP contribution in [0.2, 0.25) is 0 Å². The summed E-state index contributed by atoms with van der Waals surface area (Å²) in [6.07, 6.45) is 3.84. The lowest BCUT2D eigenvalue weighted by atomic mass is 10.0. The van der Waals surface area contributed by atoms with Crippen LogP contribution in [0.4, 0.5) is 0 Å². The summed E-state index contributed by atoms with van der Waals surface area (Å²) >= 11 is 0. The Morgan fingerprint density at radius 1 is 1.33 bits per heavy atom. The zero-order chi connectivity index (χ0) is 15.1. The van der Waals surface area contributed by atoms with Crippen molar-refractivity contribution < 1.29 is 9.90 Å². The van der Waals surface area contributed by atoms with Gasteiger partial charge >= 0.3 is 0 Å². The van der Waals surface area contributed by atoms with Gasteiger partial charge in [-0.3, -0.25) is 9.48 Å². The predicted octanol–water partition coefficient (Wildman–Crippen LogP) is 1.90. The number of aryl methyl sites for hydroxylation is 1. The molecule has 2 aromatic rings. The summed E-state index contributed by atoms with van der Waals surface area (Å²) < 4.78 is 1.73. The number of benzene rings is 1. The summed E-state index contributed by atoms with van der Waals surface area (Å²) in [6, 6.07) is 11.2. The van der Waals surface area contributed by atoms with Crippen molar-refractivity contribution in [2.24, 2.45) is 0 Å². The number of hydrogen-bond acceptors (Lipinski definition) is 3. The van der Waals surface area contributed by atoms with Crippen LogP contribution in [0, 0.1) is 0 Å². The van der Waals surface area contributed by atoms with Crippen molar-refractivity contribution >= 4 is 5.91 Å². The molecule has 2 atom stereocenters. The number of carbonyl (C=O) groups is 1. The molecule has 2 unspecified atom stereocenters. The molecule has 2 rings (SSSR count). The van der Waals surface area contributed by atoms with Crippen LogP contribution in [0.15, 0.2) is 48.8 Å². The highest BCUT2D eigenvalue weighted by molar-refractivity contribution is 5.76. The molecule has 0 aliphatic heterocycles. The van der Waals surface area contributed by atoms with Crippen molar-refractivity contribution in [1.82, 2.24) is 15.1 Å². The quantitative estimate of drug-likeness (QED) is 0.817. The summed E-state index contributed by atoms with van der Waals surface area (Å²) in [7, 11) is 0. The molecule has 0 fully saturated rings. The first-order valence-electron chi connectivity index (χ1n) is 7.15. The fraction of sp³-hybridized carbons (Fsp3) is 0.375. The summed E-state index contributed by atoms with van der Waals surface area (Å²) in [4.78, 5) is 11.8. The fourth-order valence-corrected chi connectivity index (χ4v) is 2.20. The number of aliphatic hydroxyl groups is 1. The van der Waals surface area contributed by atoms with Gasteiger partial charge in [-0.15, -0.1) is 0 Å². The molecule has 0 aliphatic carbocycles. The molecule has 0 saturated carbocycles. The van der Waals surface area contributed by atoms with Crippen LogP contribution < -0.4 is 5.32 Å². The van der Waals surface area contributed by atoms with Crippen LogP contribution in [0.25, 0.3) is 0 Å². The Kier molecular flexibility index (Phi) is 5.51. The molecule has 0 saturated heterocycles. The van der Waals surface area contributed by atoms with Gasteiger partial charge in [-0.2, -0.15) is 5.10 Å². The van der Waals surface area contributed by atoms with E-state index in [1.807, 2.05) is 49.5 Å². The smallest absolute Gasteiger partial charge is 0.222 e. The van der Waals surface area contributed by atoms with Crippen LogP contribution in [0.1, 0.15) is 31.4 Å². The van der Waals surface area contributed by atoms with Gasteiger partial charge in [-0.25, -0.2) is 0 Å². The SMILES string of the molecule is CC(CC(O)c1ccccc1)NC(=O)CCn1cccn1. The van der Waals surface area contributed by atoms with Gasteiger partial charge in [-0.1, -0.05) is 30.3 Å². The van der Waals surface area contributed by atoms with Crippen LogP contribution in [-0.4, -0.2) is 26.8 Å². The van der Waals surface area contributed by atoms with Crippen molar-refractivity contribution in [1.29, 1.82) is 0 Å². The van der Waals surface area contributed by atoms with Crippen LogP contribution in [0.5, 0.6) is 0 Å². The molecule has 1 heterocycles. The lowest BCUT2D eigenvalue weighted by molar-refractivity contribution is -0.122. The van der Waals surface area contributed by atoms with Gasteiger partial charge in [0.15, 0.2) is 0 Å². The molecule has 5 heteroatoms. The number of aliphatic hydroxyl groups excluding tert-OH is 1. The standard InChI is InChI=1S/C16H21N3O2/c1-13(12-15(20)14-6-3-2-4-7-14)18-16(21)8-11-19-10-5-9-17-19/h2-7,9-10,13,15,20H,8,11-12H2,1H3,(H,18,21). The molecule has 21 heavy (non-hydrogen) atoms. The van der Waals surface area contributed by atoms with E-state index in [4.69, 9.17) is 0 Å². The third kappa shape index (κ3) is 5.04. The third-order valence-electron chi connectivity index (χ3n) is 3.30. The summed E-state index contributed by atoms with van der Waals surface area (Å²) in [6.45, 7) is 2.46. The van der Waals surface area contributed by atoms with Gasteiger partial charge in [0, 0.05) is 31.4 Å². The van der Waals surface area contributed by atoms with E-state index >= 15 is 0 Å². The molecule has 0 radical (unpaired) electrons. The Morgan fingerprint density at radius 2 is 2.10 bits per heavy atom. The highest BCUT2D eigenvalue weighted by Crippen LogP contribution is 2.17. The van der Waals surface area contributed by atoms with Gasteiger partial charge < -0.3 is 10.4 Å². The van der Waals surface area contributed by atoms with Gasteiger partial charge in [-0.05, 0) is 25.0 Å². The molecule has 0 aliphatic rings. The van der Waals surface area contributed by atoms with E-state index in [9.17, 15) is 9.90 Å². The van der Waals surface area contributed by atoms with Crippen molar-refractivity contribution in [3.63, 3.8) is 0 Å². The molecular weight excluding hydrogens is 266 g/mol. The van der Waals surface area contributed by atoms with Gasteiger partial charge in [0.2, 0.25) is 5.91 Å². The fourth-order valence-electron chi connectivity index (χ4n) is 2.20. The van der Waals surface area contributed by atoms with Crippen LogP contribution >= 0.6 is 0 Å². The molecule has 0 bridgehead atoms. The average Bonchev–Trinajstić information content (AvgIpc) is 2.99. The summed E-state index contributed by atoms with van der Waals surface area (Å²) in [5.41, 5.74) is 0.871. The maximum Gasteiger partial charge on any atom is 0.222 e. The van der Waals surface area contributed by atoms with E-state index in [0.717, 1.165) is 5.56 Å². The number of aromatic nitrogens is 2. The topological polar surface area (TPSA) is 67.2 Å². The van der Waals surface area contributed by atoms with Gasteiger partial charge in [0.05, 0.1) is 6.10 Å². The summed E-state index contributed by atoms with van der Waals surface area (Å²) in [5.74, 6) is -0.0294. The van der Waals surface area contributed by atoms with E-state index in [-0.39, 0.29) is 11.9 Å². The lowest BCUT2D eigenvalue weighted by Crippen LogP contribution is -2.34. The van der Waals surface area contributed by atoms with E-state index in [2.05, 4.69) is 10.4 Å². The van der Waals surface area contributed by atoms with E-state index in [1.54, 1.807) is 10.9 Å². The lowest BCUT2D eigenvalue weighted by Gasteiger charge is -2.18. The van der Waals surface area contributed by atoms with Crippen molar-refractivity contribution in [2.75, 3.05) is 0 Å². The van der Waals surface area contributed by atoms with Crippen LogP contribution in [-0.2, 0) is 11.3 Å². The largest absolute Gasteiger partial charge is 0.388 e. The molecule has 1 aromatic carbocycles. The number of rotatable bonds is 7. The minimum absolute atomic E-state index is 0.0294. The van der Waals surface area contributed by atoms with Crippen molar-refractivity contribution in [3.05, 3.63) is 54.4 Å². The second-order valence-electron chi connectivity index (χ2n) is 5.15. The number of nitrogens with one attached hydrogen (secondary N) is 1. The zero-order valence-corrected chi connectivity index (χ0v) is 12.1. The highest BCUT2D eigenvalue weighted by atomic mass is 16.3. The Hall–Kier alpha value is -2.14. The van der Waals surface area contributed by atoms with E-state index < -0.39 is 6.10 Å². The second kappa shape index (κ2) is 7.59. The predicted molar refractivity (Wildman–Crippen MR) is 80.5 cm³/mol. The minimum Gasteiger partial charge on any atom is -0.388 e. The Labute approximate surface area is 124 Å². The first-order valence-corrected chi connectivity index (χ1v) is 7.15. The zero-order valence-electron chi connectivity index (χ0n) is 12.1. The first kappa shape index (κ1) is 15.3. The van der Waals surface area contributed by atoms with Gasteiger partial charge in [0.1, 0.15) is 0 Å². The Morgan fingerprint density at radius 3 is 2.76 bits per heavy atom. The van der Waals surface area contributed by atoms with Gasteiger partial charge in [0.25, 0.3) is 0 Å². The van der Waals surface area contributed by atoms with Crippen LogP contribution in [0.3, 0.4) is 0 Å². The summed E-state index contributed by atoms with van der Waals surface area (Å²) in [5, 5.41) is 17.1. The highest BCUT2D eigenvalue weighted by Gasteiger charge is 2.14. The van der Waals surface area contributed by atoms with Crippen molar-refractivity contribution in [2.45, 2.75) is 38.5 Å². The molecule has 1 amide bonds. The number of hydrogen-bond donors (Lipinski definition) is 2. The molecule has 5 nitrogen and oxygen atoms in total. The molecule has 112 valence electrons. The Balaban J connectivity index is 1.73. The normalized spacial score (nSPS) is 13.6. The monoisotopic (exact) mass is 287 g/mol. The average molecular weight is 287 g/mol. The van der Waals surface area contributed by atoms with E-state index in [1.165, 1.54) is 0 Å². The second-order valence-corrected chi connectivity index (χ2v) is 5.15.